The van der Waals surface area contributed by atoms with Gasteiger partial charge in [0.2, 0.25) is 0 Å². The predicted molar refractivity (Wildman–Crippen MR) is 53.0 cm³/mol. The van der Waals surface area contributed by atoms with E-state index in [1.54, 1.807) is 11.3 Å². The van der Waals surface area contributed by atoms with Crippen molar-refractivity contribution >= 4 is 17.2 Å². The van der Waals surface area contributed by atoms with Crippen molar-refractivity contribution in [2.75, 3.05) is 19.0 Å². The van der Waals surface area contributed by atoms with Crippen LogP contribution in [0.15, 0.2) is 5.51 Å². The number of rotatable bonds is 2. The first-order chi connectivity index (χ1) is 5.63. The molecule has 1 aliphatic rings. The van der Waals surface area contributed by atoms with Gasteiger partial charge in [0, 0.05) is 19.5 Å². The predicted octanol–water partition coefficient (Wildman–Crippen LogP) is 2.26. The topological polar surface area (TPSA) is 16.1 Å². The normalized spacial score (nSPS) is 19.2. The van der Waals surface area contributed by atoms with Crippen molar-refractivity contribution in [2.24, 2.45) is 0 Å². The third-order valence-corrected chi connectivity index (χ3v) is 3.64. The summed E-state index contributed by atoms with van der Waals surface area (Å²) in [5, 5.41) is 0. The second-order valence-electron chi connectivity index (χ2n) is 3.96. The highest BCUT2D eigenvalue weighted by Gasteiger charge is 2.42. The highest BCUT2D eigenvalue weighted by Crippen LogP contribution is 2.51. The summed E-state index contributed by atoms with van der Waals surface area (Å²) in [5.74, 6) is 1.17. The maximum Gasteiger partial charge on any atom is 0.142 e. The third kappa shape index (κ3) is 1.12. The zero-order valence-electron chi connectivity index (χ0n) is 7.79. The van der Waals surface area contributed by atoms with Crippen LogP contribution in [-0.4, -0.2) is 19.1 Å². The lowest BCUT2D eigenvalue weighted by atomic mass is 10.1. The Bertz CT molecular complexity index is 286. The second kappa shape index (κ2) is 2.46. The van der Waals surface area contributed by atoms with E-state index in [0.717, 1.165) is 0 Å². The molecule has 0 N–H and O–H groups in total. The van der Waals surface area contributed by atoms with E-state index in [1.807, 2.05) is 5.51 Å². The monoisotopic (exact) mass is 182 g/mol. The fourth-order valence-corrected chi connectivity index (χ4v) is 2.47. The summed E-state index contributed by atoms with van der Waals surface area (Å²) in [6.45, 7) is 2.33. The average Bonchev–Trinajstić information content (AvgIpc) is 2.61. The van der Waals surface area contributed by atoms with Crippen LogP contribution in [0.25, 0.3) is 0 Å². The Labute approximate surface area is 77.2 Å². The molecule has 0 aromatic carbocycles. The molecule has 0 bridgehead atoms. The summed E-state index contributed by atoms with van der Waals surface area (Å²) in [4.78, 5) is 7.94. The highest BCUT2D eigenvalue weighted by atomic mass is 32.1. The molecule has 1 saturated carbocycles. The van der Waals surface area contributed by atoms with E-state index in [9.17, 15) is 0 Å². The summed E-state index contributed by atoms with van der Waals surface area (Å²) in [5.41, 5.74) is 2.41. The largest absolute Gasteiger partial charge is 0.362 e. The fraction of sp³-hybridized carbons (Fsp3) is 0.667. The highest BCUT2D eigenvalue weighted by molar-refractivity contribution is 7.10. The SMILES string of the molecule is CN(C)c1ncsc1C1(C)CC1. The van der Waals surface area contributed by atoms with E-state index in [2.05, 4.69) is 30.9 Å². The Morgan fingerprint density at radius 3 is 2.67 bits per heavy atom. The molecule has 12 heavy (non-hydrogen) atoms. The van der Waals surface area contributed by atoms with E-state index < -0.39 is 0 Å². The molecule has 1 fully saturated rings. The lowest BCUT2D eigenvalue weighted by molar-refractivity contribution is 0.800. The van der Waals surface area contributed by atoms with Crippen molar-refractivity contribution in [3.8, 4) is 0 Å². The smallest absolute Gasteiger partial charge is 0.142 e. The number of anilines is 1. The number of nitrogens with zero attached hydrogens (tertiary/aromatic N) is 2. The lowest BCUT2D eigenvalue weighted by Gasteiger charge is -2.14. The summed E-state index contributed by atoms with van der Waals surface area (Å²) in [6.07, 6.45) is 2.66. The van der Waals surface area contributed by atoms with Gasteiger partial charge in [0.05, 0.1) is 10.4 Å². The van der Waals surface area contributed by atoms with Gasteiger partial charge in [-0.1, -0.05) is 6.92 Å². The van der Waals surface area contributed by atoms with Gasteiger partial charge in [0.25, 0.3) is 0 Å². The molecule has 0 atom stereocenters. The van der Waals surface area contributed by atoms with Gasteiger partial charge in [-0.25, -0.2) is 4.98 Å². The maximum atomic E-state index is 4.37. The molecule has 2 rings (SSSR count). The molecular weight excluding hydrogens is 168 g/mol. The molecule has 0 aliphatic heterocycles. The quantitative estimate of drug-likeness (QED) is 0.697. The Morgan fingerprint density at radius 2 is 2.17 bits per heavy atom. The molecule has 2 nitrogen and oxygen atoms in total. The number of hydrogen-bond donors (Lipinski definition) is 0. The van der Waals surface area contributed by atoms with Gasteiger partial charge in [-0.05, 0) is 12.8 Å². The molecular formula is C9H14N2S. The van der Waals surface area contributed by atoms with Crippen LogP contribution >= 0.6 is 11.3 Å². The molecule has 66 valence electrons. The number of aromatic nitrogens is 1. The summed E-state index contributed by atoms with van der Waals surface area (Å²) in [7, 11) is 4.12. The molecule has 0 radical (unpaired) electrons. The Balaban J connectivity index is 2.37. The van der Waals surface area contributed by atoms with Gasteiger partial charge in [-0.15, -0.1) is 11.3 Å². The van der Waals surface area contributed by atoms with Crippen molar-refractivity contribution in [3.63, 3.8) is 0 Å². The van der Waals surface area contributed by atoms with Crippen molar-refractivity contribution < 1.29 is 0 Å². The maximum absolute atomic E-state index is 4.37. The van der Waals surface area contributed by atoms with E-state index in [4.69, 9.17) is 0 Å². The van der Waals surface area contributed by atoms with Crippen LogP contribution in [0.3, 0.4) is 0 Å². The summed E-state index contributed by atoms with van der Waals surface area (Å²) < 4.78 is 0. The zero-order chi connectivity index (χ0) is 8.77. The van der Waals surface area contributed by atoms with Crippen molar-refractivity contribution in [1.82, 2.24) is 4.98 Å². The Hall–Kier alpha value is -0.570. The molecule has 3 heteroatoms. The molecule has 1 aromatic heterocycles. The Kier molecular flexibility index (Phi) is 1.65. The van der Waals surface area contributed by atoms with E-state index in [-0.39, 0.29) is 0 Å². The van der Waals surface area contributed by atoms with Crippen molar-refractivity contribution in [1.29, 1.82) is 0 Å². The van der Waals surface area contributed by atoms with Gasteiger partial charge in [-0.2, -0.15) is 0 Å². The summed E-state index contributed by atoms with van der Waals surface area (Å²) in [6, 6.07) is 0. The van der Waals surface area contributed by atoms with E-state index in [0.29, 0.717) is 5.41 Å². The third-order valence-electron chi connectivity index (χ3n) is 2.52. The molecule has 0 spiro atoms. The molecule has 1 aromatic rings. The number of thiazole rings is 1. The van der Waals surface area contributed by atoms with Gasteiger partial charge in [-0.3, -0.25) is 0 Å². The van der Waals surface area contributed by atoms with Crippen LogP contribution in [0.5, 0.6) is 0 Å². The second-order valence-corrected chi connectivity index (χ2v) is 4.81. The first-order valence-electron chi connectivity index (χ1n) is 4.25. The molecule has 0 amide bonds. The van der Waals surface area contributed by atoms with Crippen LogP contribution in [-0.2, 0) is 5.41 Å². The molecule has 0 unspecified atom stereocenters. The standard InChI is InChI=1S/C9H14N2S/c1-9(4-5-9)7-8(11(2)3)10-6-12-7/h6H,4-5H2,1-3H3. The summed E-state index contributed by atoms with van der Waals surface area (Å²) >= 11 is 1.79. The molecule has 0 saturated heterocycles. The molecule has 1 heterocycles. The molecule has 1 aliphatic carbocycles. The van der Waals surface area contributed by atoms with Crippen molar-refractivity contribution in [2.45, 2.75) is 25.2 Å². The van der Waals surface area contributed by atoms with Gasteiger partial charge in [0.15, 0.2) is 0 Å². The lowest BCUT2D eigenvalue weighted by Crippen LogP contribution is -2.13. The van der Waals surface area contributed by atoms with E-state index in [1.165, 1.54) is 23.5 Å². The van der Waals surface area contributed by atoms with Crippen LogP contribution in [0.1, 0.15) is 24.6 Å². The first kappa shape index (κ1) is 8.05. The average molecular weight is 182 g/mol. The van der Waals surface area contributed by atoms with Crippen LogP contribution in [0.4, 0.5) is 5.82 Å². The van der Waals surface area contributed by atoms with Gasteiger partial charge >= 0.3 is 0 Å². The van der Waals surface area contributed by atoms with Crippen LogP contribution < -0.4 is 4.90 Å². The minimum absolute atomic E-state index is 0.459. The van der Waals surface area contributed by atoms with Gasteiger partial charge < -0.3 is 4.90 Å². The minimum atomic E-state index is 0.459. The van der Waals surface area contributed by atoms with Crippen molar-refractivity contribution in [3.05, 3.63) is 10.4 Å². The fourth-order valence-electron chi connectivity index (χ4n) is 1.39. The number of hydrogen-bond acceptors (Lipinski definition) is 3. The minimum Gasteiger partial charge on any atom is -0.362 e. The van der Waals surface area contributed by atoms with Gasteiger partial charge in [0.1, 0.15) is 5.82 Å². The van der Waals surface area contributed by atoms with E-state index >= 15 is 0 Å². The zero-order valence-corrected chi connectivity index (χ0v) is 8.61. The first-order valence-corrected chi connectivity index (χ1v) is 5.13. The van der Waals surface area contributed by atoms with Crippen LogP contribution in [0.2, 0.25) is 0 Å². The Morgan fingerprint density at radius 1 is 1.50 bits per heavy atom. The van der Waals surface area contributed by atoms with Crippen LogP contribution in [0, 0.1) is 0 Å².